The van der Waals surface area contributed by atoms with Gasteiger partial charge in [0.25, 0.3) is 0 Å². The van der Waals surface area contributed by atoms with E-state index in [1.165, 1.54) is 19.2 Å². The summed E-state index contributed by atoms with van der Waals surface area (Å²) in [7, 11) is 1.49. The molecule has 2 aromatic rings. The summed E-state index contributed by atoms with van der Waals surface area (Å²) >= 11 is 5.63. The van der Waals surface area contributed by atoms with Gasteiger partial charge >= 0.3 is 0 Å². The first-order valence-electron chi connectivity index (χ1n) is 5.49. The van der Waals surface area contributed by atoms with Crippen LogP contribution in [0.5, 0.6) is 5.75 Å². The van der Waals surface area contributed by atoms with Crippen LogP contribution in [-0.4, -0.2) is 12.9 Å². The number of carbonyl (C=O) groups excluding carboxylic acids is 1. The first kappa shape index (κ1) is 13.2. The predicted octanol–water partition coefficient (Wildman–Crippen LogP) is 3.43. The Morgan fingerprint density at radius 2 is 2.11 bits per heavy atom. The highest BCUT2D eigenvalue weighted by Crippen LogP contribution is 2.29. The first-order chi connectivity index (χ1) is 9.17. The number of rotatable bonds is 4. The fourth-order valence-corrected chi connectivity index (χ4v) is 1.91. The predicted molar refractivity (Wildman–Crippen MR) is 69.4 cm³/mol. The van der Waals surface area contributed by atoms with Crippen molar-refractivity contribution in [2.75, 3.05) is 7.11 Å². The van der Waals surface area contributed by atoms with Crippen LogP contribution in [0.1, 0.15) is 22.0 Å². The molecular formula is C14H10ClNO3. The van der Waals surface area contributed by atoms with E-state index in [2.05, 4.69) is 0 Å². The number of carbonyl (C=O) groups is 1. The molecule has 2 rings (SSSR count). The normalized spacial score (nSPS) is 11.6. The molecule has 0 radical (unpaired) electrons. The van der Waals surface area contributed by atoms with E-state index < -0.39 is 11.7 Å². The molecule has 0 bridgehead atoms. The number of nitriles is 1. The maximum atomic E-state index is 12.2. The Morgan fingerprint density at radius 1 is 1.37 bits per heavy atom. The standard InChI is InChI=1S/C14H10ClNO3/c1-18-11-5-3-2-4-9(11)10(8-16)14(17)12-6-7-13(15)19-12/h2-7,10H,1H3. The summed E-state index contributed by atoms with van der Waals surface area (Å²) in [5.74, 6) is -0.889. The maximum absolute atomic E-state index is 12.2. The summed E-state index contributed by atoms with van der Waals surface area (Å²) in [6.07, 6.45) is 0. The molecular weight excluding hydrogens is 266 g/mol. The van der Waals surface area contributed by atoms with Crippen molar-refractivity contribution in [3.63, 3.8) is 0 Å². The molecule has 0 aliphatic heterocycles. The van der Waals surface area contributed by atoms with Crippen LogP contribution >= 0.6 is 11.6 Å². The number of benzene rings is 1. The quantitative estimate of drug-likeness (QED) is 0.802. The van der Waals surface area contributed by atoms with Gasteiger partial charge < -0.3 is 9.15 Å². The molecule has 1 unspecified atom stereocenters. The van der Waals surface area contributed by atoms with Crippen LogP contribution in [-0.2, 0) is 0 Å². The van der Waals surface area contributed by atoms with Gasteiger partial charge in [-0.25, -0.2) is 0 Å². The van der Waals surface area contributed by atoms with E-state index in [1.54, 1.807) is 24.3 Å². The second-order valence-corrected chi connectivity index (χ2v) is 4.14. The molecule has 1 aromatic carbocycles. The van der Waals surface area contributed by atoms with E-state index in [0.29, 0.717) is 11.3 Å². The Hall–Kier alpha value is -2.25. The van der Waals surface area contributed by atoms with E-state index >= 15 is 0 Å². The van der Waals surface area contributed by atoms with Gasteiger partial charge in [-0.1, -0.05) is 18.2 Å². The fraction of sp³-hybridized carbons (Fsp3) is 0.143. The number of furan rings is 1. The fourth-order valence-electron chi connectivity index (χ4n) is 1.76. The van der Waals surface area contributed by atoms with Crippen molar-refractivity contribution < 1.29 is 13.9 Å². The summed E-state index contributed by atoms with van der Waals surface area (Å²) in [5, 5.41) is 9.35. The Morgan fingerprint density at radius 3 is 2.68 bits per heavy atom. The summed E-state index contributed by atoms with van der Waals surface area (Å²) in [4.78, 5) is 12.2. The van der Waals surface area contributed by atoms with Gasteiger partial charge in [0.05, 0.1) is 13.2 Å². The van der Waals surface area contributed by atoms with Gasteiger partial charge in [-0.05, 0) is 29.8 Å². The zero-order valence-corrected chi connectivity index (χ0v) is 10.8. The minimum Gasteiger partial charge on any atom is -0.496 e. The van der Waals surface area contributed by atoms with Crippen LogP contribution in [0.2, 0.25) is 5.22 Å². The van der Waals surface area contributed by atoms with Crippen LogP contribution < -0.4 is 4.74 Å². The lowest BCUT2D eigenvalue weighted by molar-refractivity contribution is 0.0951. The van der Waals surface area contributed by atoms with E-state index in [1.807, 2.05) is 6.07 Å². The van der Waals surface area contributed by atoms with Gasteiger partial charge in [0, 0.05) is 5.56 Å². The third-order valence-corrected chi connectivity index (χ3v) is 2.86. The number of Topliss-reactive ketones (excluding diaryl/α,β-unsaturated/α-hetero) is 1. The average Bonchev–Trinajstić information content (AvgIpc) is 2.86. The molecule has 0 N–H and O–H groups in total. The molecule has 0 saturated heterocycles. The first-order valence-corrected chi connectivity index (χ1v) is 5.87. The van der Waals surface area contributed by atoms with Crippen molar-refractivity contribution in [3.8, 4) is 11.8 Å². The van der Waals surface area contributed by atoms with Crippen molar-refractivity contribution >= 4 is 17.4 Å². The molecule has 1 heterocycles. The summed E-state index contributed by atoms with van der Waals surface area (Å²) < 4.78 is 10.2. The molecule has 1 aromatic heterocycles. The van der Waals surface area contributed by atoms with Gasteiger partial charge in [-0.2, -0.15) is 5.26 Å². The van der Waals surface area contributed by atoms with Gasteiger partial charge in [-0.15, -0.1) is 0 Å². The van der Waals surface area contributed by atoms with Crippen LogP contribution in [0.25, 0.3) is 0 Å². The monoisotopic (exact) mass is 275 g/mol. The average molecular weight is 276 g/mol. The van der Waals surface area contributed by atoms with Crippen LogP contribution in [0, 0.1) is 11.3 Å². The molecule has 4 nitrogen and oxygen atoms in total. The Balaban J connectivity index is 2.40. The van der Waals surface area contributed by atoms with Crippen molar-refractivity contribution in [2.24, 2.45) is 0 Å². The number of ketones is 1. The minimum atomic E-state index is -0.988. The lowest BCUT2D eigenvalue weighted by Crippen LogP contribution is -2.11. The van der Waals surface area contributed by atoms with E-state index in [-0.39, 0.29) is 11.0 Å². The number of para-hydroxylation sites is 1. The lowest BCUT2D eigenvalue weighted by atomic mass is 9.94. The van der Waals surface area contributed by atoms with Crippen molar-refractivity contribution in [1.29, 1.82) is 5.26 Å². The number of hydrogen-bond donors (Lipinski definition) is 0. The topological polar surface area (TPSA) is 63.2 Å². The Bertz CT molecular complexity index is 642. The molecule has 96 valence electrons. The Labute approximate surface area is 115 Å². The third-order valence-electron chi connectivity index (χ3n) is 2.66. The number of hydrogen-bond acceptors (Lipinski definition) is 4. The second-order valence-electron chi connectivity index (χ2n) is 3.77. The number of methoxy groups -OCH3 is 1. The SMILES string of the molecule is COc1ccccc1C(C#N)C(=O)c1ccc(Cl)o1. The molecule has 0 fully saturated rings. The summed E-state index contributed by atoms with van der Waals surface area (Å²) in [6, 6.07) is 11.8. The third kappa shape index (κ3) is 2.61. The lowest BCUT2D eigenvalue weighted by Gasteiger charge is -2.11. The summed E-state index contributed by atoms with van der Waals surface area (Å²) in [5.41, 5.74) is 0.505. The molecule has 5 heteroatoms. The largest absolute Gasteiger partial charge is 0.496 e. The second kappa shape index (κ2) is 5.59. The molecule has 0 saturated carbocycles. The molecule has 0 amide bonds. The molecule has 1 atom stereocenters. The molecule has 19 heavy (non-hydrogen) atoms. The smallest absolute Gasteiger partial charge is 0.219 e. The van der Waals surface area contributed by atoms with Gasteiger partial charge in [0.1, 0.15) is 11.7 Å². The van der Waals surface area contributed by atoms with Crippen LogP contribution in [0.15, 0.2) is 40.8 Å². The highest BCUT2D eigenvalue weighted by molar-refractivity contribution is 6.29. The zero-order valence-electron chi connectivity index (χ0n) is 10.1. The number of ether oxygens (including phenoxy) is 1. The van der Waals surface area contributed by atoms with Crippen LogP contribution in [0.3, 0.4) is 0 Å². The molecule has 0 aliphatic rings. The van der Waals surface area contributed by atoms with Gasteiger partial charge in [0.2, 0.25) is 5.78 Å². The van der Waals surface area contributed by atoms with Crippen molar-refractivity contribution in [1.82, 2.24) is 0 Å². The highest BCUT2D eigenvalue weighted by Gasteiger charge is 2.27. The highest BCUT2D eigenvalue weighted by atomic mass is 35.5. The van der Waals surface area contributed by atoms with Crippen LogP contribution in [0.4, 0.5) is 0 Å². The van der Waals surface area contributed by atoms with E-state index in [9.17, 15) is 10.1 Å². The maximum Gasteiger partial charge on any atom is 0.219 e. The Kier molecular flexibility index (Phi) is 3.88. The zero-order chi connectivity index (χ0) is 13.8. The molecule has 0 spiro atoms. The van der Waals surface area contributed by atoms with E-state index in [0.717, 1.165) is 0 Å². The van der Waals surface area contributed by atoms with Gasteiger partial charge in [0.15, 0.2) is 11.0 Å². The van der Waals surface area contributed by atoms with E-state index in [4.69, 9.17) is 20.8 Å². The molecule has 0 aliphatic carbocycles. The van der Waals surface area contributed by atoms with Crippen molar-refractivity contribution in [3.05, 3.63) is 52.9 Å². The minimum absolute atomic E-state index is 0.0578. The van der Waals surface area contributed by atoms with Gasteiger partial charge in [-0.3, -0.25) is 4.79 Å². The summed E-state index contributed by atoms with van der Waals surface area (Å²) in [6.45, 7) is 0. The number of nitrogens with zero attached hydrogens (tertiary/aromatic N) is 1. The number of halogens is 1. The van der Waals surface area contributed by atoms with Crippen molar-refractivity contribution in [2.45, 2.75) is 5.92 Å².